The largest absolute Gasteiger partial charge is 0.441 e. The molecule has 2 amide bonds. The molecule has 0 radical (unpaired) electrons. The lowest BCUT2D eigenvalue weighted by Gasteiger charge is -2.15. The maximum absolute atomic E-state index is 12.3. The first-order valence-corrected chi connectivity index (χ1v) is 9.44. The van der Waals surface area contributed by atoms with Gasteiger partial charge in [0.2, 0.25) is 11.8 Å². The predicted molar refractivity (Wildman–Crippen MR) is 108 cm³/mol. The van der Waals surface area contributed by atoms with Crippen LogP contribution in [0.4, 0.5) is 5.82 Å². The summed E-state index contributed by atoms with van der Waals surface area (Å²) < 4.78 is 10.6. The molecule has 8 nitrogen and oxygen atoms in total. The minimum Gasteiger partial charge on any atom is -0.441 e. The van der Waals surface area contributed by atoms with Crippen LogP contribution in [-0.4, -0.2) is 40.4 Å². The van der Waals surface area contributed by atoms with E-state index >= 15 is 0 Å². The van der Waals surface area contributed by atoms with Crippen LogP contribution in [-0.2, 0) is 16.0 Å². The molecule has 0 fully saturated rings. The normalized spacial score (nSPS) is 10.8. The van der Waals surface area contributed by atoms with Gasteiger partial charge in [-0.05, 0) is 25.1 Å². The van der Waals surface area contributed by atoms with Crippen molar-refractivity contribution in [2.75, 3.05) is 18.9 Å². The molecule has 0 bridgehead atoms. The van der Waals surface area contributed by atoms with Gasteiger partial charge in [-0.25, -0.2) is 4.98 Å². The van der Waals surface area contributed by atoms with E-state index in [1.165, 1.54) is 4.90 Å². The molecule has 0 aliphatic heterocycles. The summed E-state index contributed by atoms with van der Waals surface area (Å²) in [7, 11) is 1.55. The first-order chi connectivity index (χ1) is 13.8. The van der Waals surface area contributed by atoms with Crippen molar-refractivity contribution in [2.24, 2.45) is 0 Å². The number of nitrogens with one attached hydrogen (secondary N) is 1. The summed E-state index contributed by atoms with van der Waals surface area (Å²) in [6.07, 6.45) is 1.98. The summed E-state index contributed by atoms with van der Waals surface area (Å²) in [6.45, 7) is 1.61. The zero-order valence-electron chi connectivity index (χ0n) is 15.7. The Morgan fingerprint density at radius 3 is 2.72 bits per heavy atom. The molecule has 0 saturated carbocycles. The maximum Gasteiger partial charge on any atom is 0.245 e. The highest BCUT2D eigenvalue weighted by atomic mass is 35.5. The second-order valence-corrected chi connectivity index (χ2v) is 7.21. The van der Waals surface area contributed by atoms with Crippen LogP contribution in [0.3, 0.4) is 0 Å². The molecule has 29 heavy (non-hydrogen) atoms. The summed E-state index contributed by atoms with van der Waals surface area (Å²) in [5, 5.41) is 7.21. The molecular formula is C19H18Cl2N4O4. The summed E-state index contributed by atoms with van der Waals surface area (Å²) >= 11 is 12.1. The third-order valence-electron chi connectivity index (χ3n) is 4.00. The van der Waals surface area contributed by atoms with Crippen molar-refractivity contribution < 1.29 is 18.5 Å². The van der Waals surface area contributed by atoms with Crippen LogP contribution in [0.15, 0.2) is 39.4 Å². The lowest BCUT2D eigenvalue weighted by Crippen LogP contribution is -2.35. The van der Waals surface area contributed by atoms with Gasteiger partial charge in [0, 0.05) is 36.5 Å². The average Bonchev–Trinajstić information content (AvgIpc) is 3.28. The minimum absolute atomic E-state index is 0.109. The monoisotopic (exact) mass is 436 g/mol. The van der Waals surface area contributed by atoms with E-state index in [0.29, 0.717) is 45.3 Å². The molecular weight excluding hydrogens is 419 g/mol. The number of aryl methyl sites for hydroxylation is 2. The Bertz CT molecular complexity index is 1030. The molecule has 0 spiro atoms. The number of anilines is 1. The Morgan fingerprint density at radius 1 is 1.24 bits per heavy atom. The zero-order chi connectivity index (χ0) is 21.0. The molecule has 0 atom stereocenters. The topological polar surface area (TPSA) is 101 Å². The van der Waals surface area contributed by atoms with Gasteiger partial charge in [-0.3, -0.25) is 9.59 Å². The molecule has 0 aliphatic rings. The van der Waals surface area contributed by atoms with Gasteiger partial charge in [-0.1, -0.05) is 28.4 Å². The molecule has 2 aromatic heterocycles. The van der Waals surface area contributed by atoms with Crippen molar-refractivity contribution in [2.45, 2.75) is 19.8 Å². The fraction of sp³-hybridized carbons (Fsp3) is 0.263. The lowest BCUT2D eigenvalue weighted by atomic mass is 10.2. The van der Waals surface area contributed by atoms with Crippen LogP contribution in [0.1, 0.15) is 18.1 Å². The van der Waals surface area contributed by atoms with Gasteiger partial charge in [-0.2, -0.15) is 0 Å². The van der Waals surface area contributed by atoms with Crippen molar-refractivity contribution in [1.29, 1.82) is 0 Å². The maximum atomic E-state index is 12.3. The highest BCUT2D eigenvalue weighted by Gasteiger charge is 2.16. The zero-order valence-corrected chi connectivity index (χ0v) is 17.3. The summed E-state index contributed by atoms with van der Waals surface area (Å²) in [5.41, 5.74) is 0.665. The number of benzene rings is 1. The minimum atomic E-state index is -0.370. The van der Waals surface area contributed by atoms with Crippen LogP contribution in [0.25, 0.3) is 11.3 Å². The third kappa shape index (κ3) is 5.58. The molecule has 3 aromatic rings. The predicted octanol–water partition coefficient (Wildman–Crippen LogP) is 3.97. The van der Waals surface area contributed by atoms with E-state index in [1.54, 1.807) is 44.4 Å². The first kappa shape index (κ1) is 20.9. The van der Waals surface area contributed by atoms with Gasteiger partial charge in [0.25, 0.3) is 0 Å². The van der Waals surface area contributed by atoms with Gasteiger partial charge in [0.15, 0.2) is 17.5 Å². The van der Waals surface area contributed by atoms with Crippen molar-refractivity contribution in [3.63, 3.8) is 0 Å². The standard InChI is InChI=1S/C19H18Cl2N4O4/c1-11-7-16(24-29-11)23-17(26)10-25(2)19(27)6-5-18-22-9-15(28-18)13-4-3-12(20)8-14(13)21/h3-4,7-9H,5-6,10H2,1-2H3,(H,23,24,26). The number of rotatable bonds is 7. The SMILES string of the molecule is Cc1cc(NC(=O)CN(C)C(=O)CCc2ncc(-c3ccc(Cl)cc3Cl)o2)no1. The highest BCUT2D eigenvalue weighted by molar-refractivity contribution is 6.36. The van der Waals surface area contributed by atoms with Crippen LogP contribution in [0.5, 0.6) is 0 Å². The van der Waals surface area contributed by atoms with E-state index in [0.717, 1.165) is 0 Å². The number of halogens is 2. The quantitative estimate of drug-likeness (QED) is 0.600. The van der Waals surface area contributed by atoms with E-state index < -0.39 is 0 Å². The smallest absolute Gasteiger partial charge is 0.245 e. The number of carbonyl (C=O) groups is 2. The number of aromatic nitrogens is 2. The van der Waals surface area contributed by atoms with Gasteiger partial charge >= 0.3 is 0 Å². The Hall–Kier alpha value is -2.84. The summed E-state index contributed by atoms with van der Waals surface area (Å²) in [5.74, 6) is 1.18. The van der Waals surface area contributed by atoms with Crippen LogP contribution in [0, 0.1) is 6.92 Å². The second kappa shape index (κ2) is 9.11. The number of oxazole rings is 1. The molecule has 10 heteroatoms. The number of amides is 2. The van der Waals surface area contributed by atoms with Crippen molar-refractivity contribution in [3.8, 4) is 11.3 Å². The summed E-state index contributed by atoms with van der Waals surface area (Å²) in [4.78, 5) is 29.8. The van der Waals surface area contributed by atoms with Gasteiger partial charge < -0.3 is 19.2 Å². The molecule has 2 heterocycles. The Morgan fingerprint density at radius 2 is 2.03 bits per heavy atom. The molecule has 1 aromatic carbocycles. The number of hydrogen-bond donors (Lipinski definition) is 1. The van der Waals surface area contributed by atoms with Gasteiger partial charge in [-0.15, -0.1) is 0 Å². The van der Waals surface area contributed by atoms with E-state index in [-0.39, 0.29) is 24.8 Å². The Balaban J connectivity index is 1.51. The first-order valence-electron chi connectivity index (χ1n) is 8.69. The Kier molecular flexibility index (Phi) is 6.56. The van der Waals surface area contributed by atoms with E-state index in [4.69, 9.17) is 32.1 Å². The fourth-order valence-corrected chi connectivity index (χ4v) is 3.06. The lowest BCUT2D eigenvalue weighted by molar-refractivity contribution is -0.133. The number of nitrogens with zero attached hydrogens (tertiary/aromatic N) is 3. The molecule has 0 aliphatic carbocycles. The molecule has 1 N–H and O–H groups in total. The Labute approximate surface area is 176 Å². The van der Waals surface area contributed by atoms with Crippen LogP contribution >= 0.6 is 23.2 Å². The molecule has 0 unspecified atom stereocenters. The molecule has 152 valence electrons. The summed E-state index contributed by atoms with van der Waals surface area (Å²) in [6, 6.07) is 6.65. The second-order valence-electron chi connectivity index (χ2n) is 6.36. The highest BCUT2D eigenvalue weighted by Crippen LogP contribution is 2.30. The van der Waals surface area contributed by atoms with Crippen molar-refractivity contribution in [3.05, 3.63) is 52.2 Å². The van der Waals surface area contributed by atoms with E-state index in [1.807, 2.05) is 0 Å². The van der Waals surface area contributed by atoms with Crippen LogP contribution in [0.2, 0.25) is 10.0 Å². The fourth-order valence-electron chi connectivity index (χ4n) is 2.56. The third-order valence-corrected chi connectivity index (χ3v) is 4.55. The number of hydrogen-bond acceptors (Lipinski definition) is 6. The van der Waals surface area contributed by atoms with Crippen molar-refractivity contribution in [1.82, 2.24) is 15.0 Å². The van der Waals surface area contributed by atoms with Gasteiger partial charge in [0.05, 0.1) is 17.8 Å². The number of likely N-dealkylation sites (N-methyl/N-ethyl adjacent to an activating group) is 1. The number of carbonyl (C=O) groups excluding carboxylic acids is 2. The molecule has 3 rings (SSSR count). The van der Waals surface area contributed by atoms with Gasteiger partial charge in [0.1, 0.15) is 5.76 Å². The average molecular weight is 437 g/mol. The van der Waals surface area contributed by atoms with E-state index in [9.17, 15) is 9.59 Å². The molecule has 0 saturated heterocycles. The van der Waals surface area contributed by atoms with Crippen LogP contribution < -0.4 is 5.32 Å². The van der Waals surface area contributed by atoms with E-state index in [2.05, 4.69) is 15.5 Å². The van der Waals surface area contributed by atoms with Crippen molar-refractivity contribution >= 4 is 40.8 Å².